The highest BCUT2D eigenvalue weighted by Gasteiger charge is 2.01. The van der Waals surface area contributed by atoms with Gasteiger partial charge in [0, 0.05) is 0 Å². The summed E-state index contributed by atoms with van der Waals surface area (Å²) in [4.78, 5) is 0. The van der Waals surface area contributed by atoms with Crippen LogP contribution in [0.2, 0.25) is 0 Å². The van der Waals surface area contributed by atoms with E-state index in [9.17, 15) is 0 Å². The van der Waals surface area contributed by atoms with Crippen LogP contribution >= 0.6 is 0 Å². The average molecular weight is 485 g/mol. The summed E-state index contributed by atoms with van der Waals surface area (Å²) < 4.78 is 0. The Kier molecular flexibility index (Phi) is 10.1. The molecule has 0 spiro atoms. The maximum atomic E-state index is 3.83. The van der Waals surface area contributed by atoms with Gasteiger partial charge in [0.2, 0.25) is 0 Å². The predicted molar refractivity (Wildman–Crippen MR) is 162 cm³/mol. The van der Waals surface area contributed by atoms with E-state index in [4.69, 9.17) is 0 Å². The summed E-state index contributed by atoms with van der Waals surface area (Å²) in [5.41, 5.74) is 11.0. The van der Waals surface area contributed by atoms with Crippen molar-refractivity contribution in [3.05, 3.63) is 155 Å². The van der Waals surface area contributed by atoms with Crippen molar-refractivity contribution >= 4 is 12.2 Å². The molecule has 4 aromatic carbocycles. The molecule has 0 aromatic heterocycles. The van der Waals surface area contributed by atoms with Crippen LogP contribution in [0.1, 0.15) is 63.8 Å². The van der Waals surface area contributed by atoms with Gasteiger partial charge >= 0.3 is 0 Å². The Labute approximate surface area is 224 Å². The van der Waals surface area contributed by atoms with Gasteiger partial charge in [-0.25, -0.2) is 0 Å². The largest absolute Gasteiger partial charge is 0.0985 e. The monoisotopic (exact) mass is 484 g/mol. The molecule has 0 bridgehead atoms. The molecule has 0 atom stereocenters. The van der Waals surface area contributed by atoms with Gasteiger partial charge < -0.3 is 0 Å². The molecule has 0 saturated heterocycles. The zero-order chi connectivity index (χ0) is 25.7. The van der Waals surface area contributed by atoms with Crippen LogP contribution in [0.25, 0.3) is 12.2 Å². The molecule has 0 amide bonds. The third-order valence-corrected chi connectivity index (χ3v) is 7.27. The summed E-state index contributed by atoms with van der Waals surface area (Å²) in [5, 5.41) is 0. The smallest absolute Gasteiger partial charge is 0.0262 e. The molecule has 0 radical (unpaired) electrons. The fraction of sp³-hybridized carbons (Fsp3) is 0.243. The molecular formula is C37H40. The first kappa shape index (κ1) is 26.4. The molecule has 0 aliphatic heterocycles. The lowest BCUT2D eigenvalue weighted by Crippen LogP contribution is -1.94. The van der Waals surface area contributed by atoms with Gasteiger partial charge in [-0.15, -0.1) is 0 Å². The van der Waals surface area contributed by atoms with E-state index < -0.39 is 0 Å². The third kappa shape index (κ3) is 8.76. The molecule has 4 rings (SSSR count). The van der Waals surface area contributed by atoms with Gasteiger partial charge in [0.1, 0.15) is 0 Å². The molecule has 188 valence electrons. The third-order valence-electron chi connectivity index (χ3n) is 7.27. The molecule has 0 heterocycles. The normalized spacial score (nSPS) is 10.8. The van der Waals surface area contributed by atoms with Crippen molar-refractivity contribution in [3.8, 4) is 0 Å². The van der Waals surface area contributed by atoms with Crippen molar-refractivity contribution in [2.75, 3.05) is 0 Å². The van der Waals surface area contributed by atoms with E-state index in [2.05, 4.69) is 110 Å². The van der Waals surface area contributed by atoms with Crippen molar-refractivity contribution in [3.63, 3.8) is 0 Å². The van der Waals surface area contributed by atoms with E-state index in [-0.39, 0.29) is 0 Å². The van der Waals surface area contributed by atoms with Crippen molar-refractivity contribution in [2.24, 2.45) is 0 Å². The molecule has 0 N–H and O–H groups in total. The van der Waals surface area contributed by atoms with Gasteiger partial charge in [0.25, 0.3) is 0 Å². The number of rotatable bonds is 14. The van der Waals surface area contributed by atoms with Crippen LogP contribution in [0.15, 0.2) is 110 Å². The minimum atomic E-state index is 1.13. The second kappa shape index (κ2) is 14.2. The van der Waals surface area contributed by atoms with Gasteiger partial charge in [-0.2, -0.15) is 0 Å². The molecule has 0 heteroatoms. The second-order valence-electron chi connectivity index (χ2n) is 10.1. The van der Waals surface area contributed by atoms with Crippen molar-refractivity contribution in [1.82, 2.24) is 0 Å². The Balaban J connectivity index is 1.12. The number of benzene rings is 4. The lowest BCUT2D eigenvalue weighted by atomic mass is 9.99. The van der Waals surface area contributed by atoms with Crippen LogP contribution in [-0.2, 0) is 38.5 Å². The molecule has 37 heavy (non-hydrogen) atoms. The maximum Gasteiger partial charge on any atom is -0.0262 e. The topological polar surface area (TPSA) is 0 Å². The standard InChI is InChI=1S/C37H40/c1-3-30-14-18-32(19-15-30)8-5-10-34-22-26-36(27-23-34)12-7-13-37-28-24-35(25-29-37)11-6-9-33-20-16-31(4-2)17-21-33/h3-4,14-29H,1-2,5-13H2. The Morgan fingerprint density at radius 2 is 0.514 bits per heavy atom. The quantitative estimate of drug-likeness (QED) is 0.167. The predicted octanol–water partition coefficient (Wildman–Crippen LogP) is 9.50. The van der Waals surface area contributed by atoms with Gasteiger partial charge in [0.05, 0.1) is 0 Å². The Morgan fingerprint density at radius 1 is 0.324 bits per heavy atom. The highest BCUT2D eigenvalue weighted by Crippen LogP contribution is 2.15. The molecule has 0 aliphatic carbocycles. The summed E-state index contributed by atoms with van der Waals surface area (Å²) in [6.45, 7) is 7.65. The van der Waals surface area contributed by atoms with Gasteiger partial charge in [0.15, 0.2) is 0 Å². The lowest BCUT2D eigenvalue weighted by molar-refractivity contribution is 0.806. The molecule has 0 saturated carbocycles. The van der Waals surface area contributed by atoms with Crippen LogP contribution in [0.5, 0.6) is 0 Å². The maximum absolute atomic E-state index is 3.83. The van der Waals surface area contributed by atoms with Crippen LogP contribution in [0, 0.1) is 0 Å². The van der Waals surface area contributed by atoms with Gasteiger partial charge in [-0.05, 0) is 102 Å². The van der Waals surface area contributed by atoms with Crippen molar-refractivity contribution < 1.29 is 0 Å². The van der Waals surface area contributed by atoms with E-state index in [1.165, 1.54) is 63.8 Å². The van der Waals surface area contributed by atoms with Crippen LogP contribution in [-0.4, -0.2) is 0 Å². The summed E-state index contributed by atoms with van der Waals surface area (Å²) >= 11 is 0. The lowest BCUT2D eigenvalue weighted by Gasteiger charge is -2.07. The van der Waals surface area contributed by atoms with E-state index in [0.717, 1.165) is 38.5 Å². The van der Waals surface area contributed by atoms with Gasteiger partial charge in [-0.3, -0.25) is 0 Å². The minimum absolute atomic E-state index is 1.13. The fourth-order valence-corrected chi connectivity index (χ4v) is 4.88. The summed E-state index contributed by atoms with van der Waals surface area (Å²) in [6.07, 6.45) is 14.2. The number of aryl methyl sites for hydroxylation is 6. The van der Waals surface area contributed by atoms with Gasteiger partial charge in [-0.1, -0.05) is 122 Å². The van der Waals surface area contributed by atoms with E-state index in [1.54, 1.807) is 0 Å². The minimum Gasteiger partial charge on any atom is -0.0985 e. The number of hydrogen-bond donors (Lipinski definition) is 0. The zero-order valence-electron chi connectivity index (χ0n) is 22.2. The van der Waals surface area contributed by atoms with Crippen LogP contribution in [0.3, 0.4) is 0 Å². The SMILES string of the molecule is C=Cc1ccc(CCCc2ccc(CCCc3ccc(CCCc4ccc(C=C)cc4)cc3)cc2)cc1. The van der Waals surface area contributed by atoms with E-state index >= 15 is 0 Å². The summed E-state index contributed by atoms with van der Waals surface area (Å²) in [6, 6.07) is 36.0. The Hall–Kier alpha value is -3.64. The molecule has 4 aromatic rings. The van der Waals surface area contributed by atoms with Crippen LogP contribution < -0.4 is 0 Å². The first-order valence-electron chi connectivity index (χ1n) is 13.8. The van der Waals surface area contributed by atoms with E-state index in [0.29, 0.717) is 0 Å². The van der Waals surface area contributed by atoms with Crippen LogP contribution in [0.4, 0.5) is 0 Å². The highest BCUT2D eigenvalue weighted by molar-refractivity contribution is 5.47. The first-order valence-corrected chi connectivity index (χ1v) is 13.8. The molecule has 0 aliphatic rings. The Bertz CT molecular complexity index is 1120. The molecule has 0 unspecified atom stereocenters. The second-order valence-corrected chi connectivity index (χ2v) is 10.1. The number of hydrogen-bond acceptors (Lipinski definition) is 0. The molecular weight excluding hydrogens is 444 g/mol. The highest BCUT2D eigenvalue weighted by atomic mass is 14.1. The fourth-order valence-electron chi connectivity index (χ4n) is 4.88. The van der Waals surface area contributed by atoms with Crippen molar-refractivity contribution in [1.29, 1.82) is 0 Å². The summed E-state index contributed by atoms with van der Waals surface area (Å²) in [7, 11) is 0. The summed E-state index contributed by atoms with van der Waals surface area (Å²) in [5.74, 6) is 0. The van der Waals surface area contributed by atoms with E-state index in [1.807, 2.05) is 12.2 Å². The molecule has 0 nitrogen and oxygen atoms in total. The zero-order valence-corrected chi connectivity index (χ0v) is 22.2. The molecule has 0 fully saturated rings. The van der Waals surface area contributed by atoms with Crippen molar-refractivity contribution in [2.45, 2.75) is 57.8 Å². The average Bonchev–Trinajstić information content (AvgIpc) is 2.95. The first-order chi connectivity index (χ1) is 18.2. The Morgan fingerprint density at radius 3 is 0.703 bits per heavy atom.